The number of hydrogen-bond acceptors (Lipinski definition) is 4. The third kappa shape index (κ3) is 5.75. The first kappa shape index (κ1) is 19.2. The summed E-state index contributed by atoms with van der Waals surface area (Å²) in [6.45, 7) is 2.19. The summed E-state index contributed by atoms with van der Waals surface area (Å²) in [5.41, 5.74) is 0. The third-order valence-corrected chi connectivity index (χ3v) is 5.17. The second-order valence-corrected chi connectivity index (χ2v) is 7.12. The highest BCUT2D eigenvalue weighted by molar-refractivity contribution is 5.70. The molecule has 24 heavy (non-hydrogen) atoms. The lowest BCUT2D eigenvalue weighted by molar-refractivity contribution is -0.150. The van der Waals surface area contributed by atoms with Gasteiger partial charge in [-0.05, 0) is 44.1 Å². The van der Waals surface area contributed by atoms with Crippen LogP contribution in [-0.2, 0) is 9.53 Å². The van der Waals surface area contributed by atoms with E-state index in [-0.39, 0.29) is 23.9 Å². The Morgan fingerprint density at radius 2 is 2.00 bits per heavy atom. The predicted octanol–water partition coefficient (Wildman–Crippen LogP) is 3.52. The Kier molecular flexibility index (Phi) is 8.00. The van der Waals surface area contributed by atoms with E-state index in [2.05, 4.69) is 19.1 Å². The van der Waals surface area contributed by atoms with Gasteiger partial charge in [0, 0.05) is 18.8 Å². The molecule has 0 amide bonds. The molecule has 4 heteroatoms. The van der Waals surface area contributed by atoms with Crippen molar-refractivity contribution in [1.29, 1.82) is 0 Å². The first-order chi connectivity index (χ1) is 11.6. The Bertz CT molecular complexity index is 443. The molecule has 1 saturated heterocycles. The number of unbranched alkanes of at least 4 members (excludes halogenated alkanes) is 3. The van der Waals surface area contributed by atoms with E-state index in [1.807, 2.05) is 12.2 Å². The molecule has 2 rings (SSSR count). The zero-order chi connectivity index (χ0) is 17.4. The van der Waals surface area contributed by atoms with Crippen LogP contribution in [0.1, 0.15) is 64.7 Å². The first-order valence-electron chi connectivity index (χ1n) is 9.50. The molecule has 0 aromatic carbocycles. The van der Waals surface area contributed by atoms with E-state index in [1.165, 1.54) is 19.3 Å². The van der Waals surface area contributed by atoms with Crippen LogP contribution in [0.25, 0.3) is 0 Å². The van der Waals surface area contributed by atoms with Gasteiger partial charge in [-0.15, -0.1) is 0 Å². The van der Waals surface area contributed by atoms with E-state index >= 15 is 0 Å². The fourth-order valence-electron chi connectivity index (χ4n) is 3.71. The molecule has 1 heterocycles. The van der Waals surface area contributed by atoms with Crippen LogP contribution in [0.3, 0.4) is 0 Å². The van der Waals surface area contributed by atoms with Crippen molar-refractivity contribution in [3.05, 3.63) is 24.3 Å². The van der Waals surface area contributed by atoms with Crippen molar-refractivity contribution in [3.8, 4) is 0 Å². The van der Waals surface area contributed by atoms with Crippen molar-refractivity contribution in [1.82, 2.24) is 0 Å². The fraction of sp³-hybridized carbons (Fsp3) is 0.750. The van der Waals surface area contributed by atoms with E-state index in [1.54, 1.807) is 0 Å². The highest BCUT2D eigenvalue weighted by Crippen LogP contribution is 2.36. The van der Waals surface area contributed by atoms with E-state index in [0.717, 1.165) is 25.7 Å². The topological polar surface area (TPSA) is 66.8 Å². The van der Waals surface area contributed by atoms with Crippen molar-refractivity contribution in [3.63, 3.8) is 0 Å². The Morgan fingerprint density at radius 3 is 2.75 bits per heavy atom. The average Bonchev–Trinajstić information content (AvgIpc) is 2.82. The molecule has 136 valence electrons. The molecule has 0 unspecified atom stereocenters. The summed E-state index contributed by atoms with van der Waals surface area (Å²) in [5, 5.41) is 20.5. The average molecular weight is 336 g/mol. The lowest BCUT2D eigenvalue weighted by Gasteiger charge is -2.22. The largest absolute Gasteiger partial charge is 0.458 e. The van der Waals surface area contributed by atoms with Gasteiger partial charge in [0.25, 0.3) is 0 Å². The molecule has 0 aromatic rings. The molecule has 4 nitrogen and oxygen atoms in total. The smallest absolute Gasteiger partial charge is 0.306 e. The van der Waals surface area contributed by atoms with Crippen molar-refractivity contribution < 1.29 is 19.7 Å². The molecule has 2 N–H and O–H groups in total. The summed E-state index contributed by atoms with van der Waals surface area (Å²) in [6, 6.07) is 0. The van der Waals surface area contributed by atoms with Gasteiger partial charge < -0.3 is 14.9 Å². The second-order valence-electron chi connectivity index (χ2n) is 7.12. The molecule has 2 aliphatic rings. The van der Waals surface area contributed by atoms with E-state index in [9.17, 15) is 15.0 Å². The molecule has 2 fully saturated rings. The van der Waals surface area contributed by atoms with Crippen molar-refractivity contribution in [2.75, 3.05) is 0 Å². The van der Waals surface area contributed by atoms with Crippen LogP contribution >= 0.6 is 0 Å². The minimum Gasteiger partial charge on any atom is -0.458 e. The number of aliphatic hydroxyl groups excluding tert-OH is 2. The number of ether oxygens (including phenoxy) is 1. The summed E-state index contributed by atoms with van der Waals surface area (Å²) < 4.78 is 5.30. The minimum atomic E-state index is -0.519. The predicted molar refractivity (Wildman–Crippen MR) is 94.4 cm³/mol. The van der Waals surface area contributed by atoms with Crippen molar-refractivity contribution in [2.24, 2.45) is 11.8 Å². The molecule has 0 aromatic heterocycles. The van der Waals surface area contributed by atoms with Gasteiger partial charge in [-0.1, -0.05) is 38.0 Å². The van der Waals surface area contributed by atoms with Gasteiger partial charge in [-0.25, -0.2) is 0 Å². The molecule has 5 atom stereocenters. The summed E-state index contributed by atoms with van der Waals surface area (Å²) >= 11 is 0. The van der Waals surface area contributed by atoms with E-state index in [4.69, 9.17) is 4.74 Å². The molecular formula is C20H32O4. The molecule has 0 bridgehead atoms. The molecule has 1 saturated carbocycles. The number of hydrogen-bond donors (Lipinski definition) is 2. The fourth-order valence-corrected chi connectivity index (χ4v) is 3.71. The summed E-state index contributed by atoms with van der Waals surface area (Å²) in [7, 11) is 0. The summed E-state index contributed by atoms with van der Waals surface area (Å²) in [4.78, 5) is 11.3. The van der Waals surface area contributed by atoms with Crippen LogP contribution in [0.4, 0.5) is 0 Å². The molecule has 1 aliphatic heterocycles. The number of carbonyl (C=O) groups excluding carboxylic acids is 1. The van der Waals surface area contributed by atoms with Crippen LogP contribution in [0.15, 0.2) is 24.3 Å². The van der Waals surface area contributed by atoms with Gasteiger partial charge in [0.1, 0.15) is 6.10 Å². The van der Waals surface area contributed by atoms with Crippen LogP contribution in [0.2, 0.25) is 0 Å². The highest BCUT2D eigenvalue weighted by atomic mass is 16.5. The van der Waals surface area contributed by atoms with Crippen LogP contribution < -0.4 is 0 Å². The number of esters is 1. The minimum absolute atomic E-state index is 0.0398. The summed E-state index contributed by atoms with van der Waals surface area (Å²) in [6.07, 6.45) is 15.2. The Hall–Kier alpha value is -1.13. The second kappa shape index (κ2) is 10.00. The van der Waals surface area contributed by atoms with Crippen LogP contribution in [0.5, 0.6) is 0 Å². The zero-order valence-corrected chi connectivity index (χ0v) is 14.8. The number of cyclic esters (lactones) is 1. The Morgan fingerprint density at radius 1 is 1.17 bits per heavy atom. The van der Waals surface area contributed by atoms with Gasteiger partial charge in [0.15, 0.2) is 0 Å². The van der Waals surface area contributed by atoms with Crippen LogP contribution in [0, 0.1) is 11.8 Å². The summed E-state index contributed by atoms with van der Waals surface area (Å²) in [5.74, 6) is -0.173. The van der Waals surface area contributed by atoms with E-state index in [0.29, 0.717) is 12.8 Å². The number of carbonyl (C=O) groups is 1. The first-order valence-corrected chi connectivity index (χ1v) is 9.50. The Balaban J connectivity index is 1.86. The maximum atomic E-state index is 11.3. The van der Waals surface area contributed by atoms with Crippen LogP contribution in [-0.4, -0.2) is 34.5 Å². The SMILES string of the molecule is CCCCC/C=C\C[C@H]1[C@@H](/C=C/[C@H]2CCCC(=O)O2)[C@@H](O)C[C@H]1O. The molecule has 0 radical (unpaired) electrons. The number of allylic oxidation sites excluding steroid dienone is 2. The lowest BCUT2D eigenvalue weighted by atomic mass is 9.89. The van der Waals surface area contributed by atoms with Gasteiger partial charge in [0.2, 0.25) is 0 Å². The van der Waals surface area contributed by atoms with Crippen molar-refractivity contribution >= 4 is 5.97 Å². The normalized spacial score (nSPS) is 34.3. The van der Waals surface area contributed by atoms with E-state index < -0.39 is 12.2 Å². The molecular weight excluding hydrogens is 304 g/mol. The maximum absolute atomic E-state index is 11.3. The monoisotopic (exact) mass is 336 g/mol. The maximum Gasteiger partial charge on any atom is 0.306 e. The number of aliphatic hydroxyl groups is 2. The number of rotatable bonds is 8. The molecule has 0 spiro atoms. The lowest BCUT2D eigenvalue weighted by Crippen LogP contribution is -2.23. The zero-order valence-electron chi connectivity index (χ0n) is 14.8. The molecule has 1 aliphatic carbocycles. The van der Waals surface area contributed by atoms with Gasteiger partial charge in [-0.3, -0.25) is 4.79 Å². The Labute approximate surface area is 145 Å². The van der Waals surface area contributed by atoms with Gasteiger partial charge in [0.05, 0.1) is 12.2 Å². The quantitative estimate of drug-likeness (QED) is 0.404. The third-order valence-electron chi connectivity index (χ3n) is 5.17. The van der Waals surface area contributed by atoms with Gasteiger partial charge >= 0.3 is 5.97 Å². The standard InChI is InChI=1S/C20H32O4/c1-2-3-4-5-6-7-10-16-17(19(22)14-18(16)21)13-12-15-9-8-11-20(23)24-15/h6-7,12-13,15-19,21-22H,2-5,8-11,14H2,1H3/b7-6-,13-12+/t15-,16+,17-,18-,19+/m1/s1. The van der Waals surface area contributed by atoms with Crippen molar-refractivity contribution in [2.45, 2.75) is 83.0 Å². The highest BCUT2D eigenvalue weighted by Gasteiger charge is 2.39. The van der Waals surface area contributed by atoms with Gasteiger partial charge in [-0.2, -0.15) is 0 Å².